The van der Waals surface area contributed by atoms with Gasteiger partial charge in [-0.3, -0.25) is 0 Å². The summed E-state index contributed by atoms with van der Waals surface area (Å²) in [5.41, 5.74) is 4.17. The Morgan fingerprint density at radius 1 is 0.232 bits per heavy atom. The van der Waals surface area contributed by atoms with E-state index in [2.05, 4.69) is 79.7 Å². The third kappa shape index (κ3) is 51.6. The van der Waals surface area contributed by atoms with E-state index in [-0.39, 0.29) is 21.0 Å². The first kappa shape index (κ1) is 91.8. The van der Waals surface area contributed by atoms with Crippen LogP contribution >= 0.6 is 0 Å². The van der Waals surface area contributed by atoms with Crippen molar-refractivity contribution in [1.82, 2.24) is 0 Å². The van der Waals surface area contributed by atoms with Crippen LogP contribution < -0.4 is 37.9 Å². The normalized spacial score (nSPS) is 10.8. The van der Waals surface area contributed by atoms with E-state index in [4.69, 9.17) is 99.5 Å². The van der Waals surface area contributed by atoms with Crippen molar-refractivity contribution in [3.05, 3.63) is 95.1 Å². The van der Waals surface area contributed by atoms with Crippen LogP contribution in [-0.2, 0) is 87.6 Å². The average Bonchev–Trinajstić information content (AvgIpc) is 0.929. The number of hydrogen-bond donors (Lipinski definition) is 0. The minimum absolute atomic E-state index is 0. The molecule has 95 heavy (non-hydrogen) atoms. The predicted molar refractivity (Wildman–Crippen MR) is 377 cm³/mol. The maximum absolute atomic E-state index is 6.31. The second-order valence-corrected chi connectivity index (χ2v) is 23.0. The number of benzene rings is 4. The summed E-state index contributed by atoms with van der Waals surface area (Å²) in [6.07, 6.45) is 1.86. The molecule has 0 saturated carbocycles. The lowest BCUT2D eigenvalue weighted by atomic mass is 10.0. The molecule has 21 nitrogen and oxygen atoms in total. The summed E-state index contributed by atoms with van der Waals surface area (Å²) >= 11 is 0. The molecule has 0 unspecified atom stereocenters. The fraction of sp³-hybridized carbons (Fsp3) is 0.676. The molecule has 0 aliphatic rings. The zero-order valence-corrected chi connectivity index (χ0v) is 59.8. The van der Waals surface area contributed by atoms with E-state index in [9.17, 15) is 0 Å². The Morgan fingerprint density at radius 2 is 0.453 bits per heavy atom. The molecule has 0 aliphatic carbocycles. The highest BCUT2D eigenvalue weighted by Gasteiger charge is 2.14. The van der Waals surface area contributed by atoms with Crippen LogP contribution in [-0.4, -0.2) is 215 Å². The summed E-state index contributed by atoms with van der Waals surface area (Å²) in [5.74, 6) is 7.99. The Kier molecular flexibility index (Phi) is 60.2. The third-order valence-electron chi connectivity index (χ3n) is 12.2. The van der Waals surface area contributed by atoms with Crippen LogP contribution in [0.15, 0.2) is 72.8 Å². The van der Waals surface area contributed by atoms with Gasteiger partial charge in [-0.25, -0.2) is 0 Å². The molecule has 0 saturated heterocycles. The molecule has 0 spiro atoms. The number of ether oxygens (including phenoxy) is 21. The van der Waals surface area contributed by atoms with Crippen LogP contribution in [0, 0.1) is 23.7 Å². The monoisotopic (exact) mass is 1350 g/mol. The Labute approximate surface area is 573 Å². The molecule has 0 aliphatic heterocycles. The summed E-state index contributed by atoms with van der Waals surface area (Å²) in [6, 6.07) is 23.6. The lowest BCUT2D eigenvalue weighted by molar-refractivity contribution is -0.0755. The van der Waals surface area contributed by atoms with Gasteiger partial charge >= 0.3 is 0 Å². The summed E-state index contributed by atoms with van der Waals surface area (Å²) in [6.45, 7) is 30.2. The molecule has 4 aromatic rings. The standard InChI is InChI=1S/C36H50O10.C16H26O4.C13H28O5.C7H16O2.2CH4/c1-27(2)15-28-16-35(45-25-29-18-31(41-11-7-37-3)22-32(19-29)42-12-8-38-4)24-36(17-28)46-26-30-20-33(43-13-9-39-5)23-34(21-30)44-14-10-40-6;1-13(2)9-14-10-15(19-7-5-17-3)12-16(11-14)20-8-6-18-4;1-12(2)9-18-13(10-16-7-5-14-3)11-17-8-6-15-4;1-7(2)6-9-5-4-8-3;;/h16-24,27H,7-15,25-26H2,1-6H3;10-13H,5-9H2,1-4H3;12-13H,5-11H2,1-4H3;7H,4-6H2,1-3H3;2*1H4. The summed E-state index contributed by atoms with van der Waals surface area (Å²) < 4.78 is 114. The van der Waals surface area contributed by atoms with Gasteiger partial charge in [0.2, 0.25) is 0 Å². The van der Waals surface area contributed by atoms with Gasteiger partial charge in [-0.15, -0.1) is 0 Å². The van der Waals surface area contributed by atoms with Crippen molar-refractivity contribution in [2.45, 2.75) is 102 Å². The van der Waals surface area contributed by atoms with Gasteiger partial charge in [0.15, 0.2) is 0 Å². The highest BCUT2D eigenvalue weighted by molar-refractivity contribution is 5.43. The molecule has 21 heteroatoms. The van der Waals surface area contributed by atoms with Crippen molar-refractivity contribution in [2.24, 2.45) is 23.7 Å². The largest absolute Gasteiger partial charge is 0.491 e. The van der Waals surface area contributed by atoms with Gasteiger partial charge in [-0.1, -0.05) is 70.2 Å². The smallest absolute Gasteiger partial charge is 0.123 e. The molecule has 4 aromatic carbocycles. The lowest BCUT2D eigenvalue weighted by Crippen LogP contribution is -2.28. The molecular formula is C74H128O21. The maximum atomic E-state index is 6.31. The van der Waals surface area contributed by atoms with Gasteiger partial charge in [0.05, 0.1) is 92.5 Å². The molecule has 0 heterocycles. The van der Waals surface area contributed by atoms with E-state index in [1.54, 1.807) is 64.0 Å². The van der Waals surface area contributed by atoms with Crippen molar-refractivity contribution in [1.29, 1.82) is 0 Å². The summed E-state index contributed by atoms with van der Waals surface area (Å²) in [4.78, 5) is 0. The van der Waals surface area contributed by atoms with Crippen molar-refractivity contribution in [3.63, 3.8) is 0 Å². The van der Waals surface area contributed by atoms with E-state index in [1.807, 2.05) is 48.5 Å². The van der Waals surface area contributed by atoms with Crippen molar-refractivity contribution in [3.8, 4) is 46.0 Å². The predicted octanol–water partition coefficient (Wildman–Crippen LogP) is 13.0. The Bertz CT molecular complexity index is 2170. The minimum Gasteiger partial charge on any atom is -0.491 e. The molecule has 0 atom stereocenters. The summed E-state index contributed by atoms with van der Waals surface area (Å²) in [5, 5.41) is 0. The first-order chi connectivity index (χ1) is 45.0. The fourth-order valence-corrected chi connectivity index (χ4v) is 7.97. The van der Waals surface area contributed by atoms with Gasteiger partial charge in [0.25, 0.3) is 0 Å². The number of hydrogen-bond acceptors (Lipinski definition) is 21. The zero-order valence-electron chi connectivity index (χ0n) is 59.8. The average molecular weight is 1350 g/mol. The van der Waals surface area contributed by atoms with E-state index >= 15 is 0 Å². The van der Waals surface area contributed by atoms with E-state index < -0.39 is 0 Å². The van der Waals surface area contributed by atoms with Gasteiger partial charge in [-0.05, 0) is 107 Å². The highest BCUT2D eigenvalue weighted by atomic mass is 16.6. The molecule has 4 rings (SSSR count). The molecule has 0 N–H and O–H groups in total. The second-order valence-electron chi connectivity index (χ2n) is 23.0. The number of rotatable bonds is 52. The third-order valence-corrected chi connectivity index (χ3v) is 12.2. The molecule has 0 radical (unpaired) electrons. The molecule has 0 bridgehead atoms. The van der Waals surface area contributed by atoms with E-state index in [1.165, 1.54) is 5.56 Å². The van der Waals surface area contributed by atoms with Crippen LogP contribution in [0.3, 0.4) is 0 Å². The SMILES string of the molecule is C.C.COCCOCC(C)C.COCCOCC(COCCOC)OCC(C)C.COCCOc1cc(CC(C)C)cc(OCCOC)c1.COCCOc1cc(COc2cc(CC(C)C)cc(OCc3cc(OCCOC)cc(OCCOC)c3)c2)cc(OCCOC)c1. The maximum Gasteiger partial charge on any atom is 0.123 e. The van der Waals surface area contributed by atoms with Gasteiger partial charge in [0, 0.05) is 101 Å². The van der Waals surface area contributed by atoms with Crippen LogP contribution in [0.25, 0.3) is 0 Å². The van der Waals surface area contributed by atoms with Crippen LogP contribution in [0.5, 0.6) is 46.0 Å². The zero-order chi connectivity index (χ0) is 68.5. The summed E-state index contributed by atoms with van der Waals surface area (Å²) in [7, 11) is 14.9. The van der Waals surface area contributed by atoms with Crippen LogP contribution in [0.2, 0.25) is 0 Å². The van der Waals surface area contributed by atoms with Crippen LogP contribution in [0.4, 0.5) is 0 Å². The molecule has 0 amide bonds. The van der Waals surface area contributed by atoms with Gasteiger partial charge in [0.1, 0.15) is 105 Å². The molecule has 550 valence electrons. The Balaban J connectivity index is 0. The quantitative estimate of drug-likeness (QED) is 0.0378. The van der Waals surface area contributed by atoms with E-state index in [0.717, 1.165) is 47.6 Å². The minimum atomic E-state index is -0.0267. The van der Waals surface area contributed by atoms with Crippen LogP contribution in [0.1, 0.15) is 92.5 Å². The number of methoxy groups -OCH3 is 9. The highest BCUT2D eigenvalue weighted by Crippen LogP contribution is 2.31. The fourth-order valence-electron chi connectivity index (χ4n) is 7.97. The topological polar surface area (TPSA) is 194 Å². The lowest BCUT2D eigenvalue weighted by Gasteiger charge is -2.19. The van der Waals surface area contributed by atoms with Crippen molar-refractivity contribution >= 4 is 0 Å². The first-order valence-electron chi connectivity index (χ1n) is 32.4. The van der Waals surface area contributed by atoms with E-state index in [0.29, 0.717) is 210 Å². The van der Waals surface area contributed by atoms with Crippen molar-refractivity contribution in [2.75, 3.05) is 209 Å². The molecular weight excluding hydrogens is 1220 g/mol. The van der Waals surface area contributed by atoms with Gasteiger partial charge < -0.3 is 99.5 Å². The first-order valence-corrected chi connectivity index (χ1v) is 32.4. The van der Waals surface area contributed by atoms with Crippen molar-refractivity contribution < 1.29 is 99.5 Å². The van der Waals surface area contributed by atoms with Gasteiger partial charge in [-0.2, -0.15) is 0 Å². The molecule has 0 aromatic heterocycles. The Hall–Kier alpha value is -5.24. The molecule has 0 fully saturated rings. The Morgan fingerprint density at radius 3 is 0.684 bits per heavy atom. The second kappa shape index (κ2) is 62.3.